The van der Waals surface area contributed by atoms with Crippen LogP contribution in [0.3, 0.4) is 0 Å². The molecule has 2 heterocycles. The van der Waals surface area contributed by atoms with Gasteiger partial charge >= 0.3 is 0 Å². The van der Waals surface area contributed by atoms with E-state index in [0.717, 1.165) is 13.1 Å². The third-order valence-electron chi connectivity index (χ3n) is 8.31. The van der Waals surface area contributed by atoms with Gasteiger partial charge in [-0.3, -0.25) is 0 Å². The van der Waals surface area contributed by atoms with Crippen molar-refractivity contribution in [2.45, 2.75) is 39.8 Å². The van der Waals surface area contributed by atoms with Gasteiger partial charge in [0.2, 0.25) is 0 Å². The summed E-state index contributed by atoms with van der Waals surface area (Å²) in [5.41, 5.74) is 4.92. The van der Waals surface area contributed by atoms with E-state index >= 15 is 0 Å². The highest BCUT2D eigenvalue weighted by Gasteiger charge is 2.47. The number of para-hydroxylation sites is 4. The van der Waals surface area contributed by atoms with Crippen LogP contribution in [0.5, 0.6) is 0 Å². The molecular formula is C36H40N4. The lowest BCUT2D eigenvalue weighted by Crippen LogP contribution is -2.39. The van der Waals surface area contributed by atoms with E-state index in [4.69, 9.17) is 0 Å². The van der Waals surface area contributed by atoms with Crippen LogP contribution in [0.25, 0.3) is 0 Å². The number of rotatable bonds is 6. The highest BCUT2D eigenvalue weighted by Crippen LogP contribution is 2.45. The minimum atomic E-state index is 0.318. The molecule has 4 heteroatoms. The molecule has 0 amide bonds. The van der Waals surface area contributed by atoms with E-state index in [1.165, 1.54) is 34.4 Å². The van der Waals surface area contributed by atoms with Crippen molar-refractivity contribution < 1.29 is 0 Å². The Morgan fingerprint density at radius 3 is 0.975 bits per heavy atom. The smallest absolute Gasteiger partial charge is 0.156 e. The summed E-state index contributed by atoms with van der Waals surface area (Å²) in [4.78, 5) is 10.3. The molecule has 0 radical (unpaired) electrons. The van der Waals surface area contributed by atoms with Gasteiger partial charge in [0.25, 0.3) is 0 Å². The molecule has 0 bridgehead atoms. The van der Waals surface area contributed by atoms with Gasteiger partial charge < -0.3 is 19.6 Å². The summed E-state index contributed by atoms with van der Waals surface area (Å²) in [6.07, 6.45) is 0. The Balaban J connectivity index is 1.69. The van der Waals surface area contributed by atoms with Gasteiger partial charge in [0.15, 0.2) is 11.6 Å². The Labute approximate surface area is 239 Å². The molecule has 0 N–H and O–H groups in total. The van der Waals surface area contributed by atoms with Crippen molar-refractivity contribution in [3.63, 3.8) is 0 Å². The maximum absolute atomic E-state index is 2.61. The van der Waals surface area contributed by atoms with Crippen molar-refractivity contribution >= 4 is 22.7 Å². The quantitative estimate of drug-likeness (QED) is 0.250. The van der Waals surface area contributed by atoms with E-state index in [1.54, 1.807) is 0 Å². The molecule has 204 valence electrons. The highest BCUT2D eigenvalue weighted by molar-refractivity contribution is 5.74. The van der Waals surface area contributed by atoms with Crippen molar-refractivity contribution in [2.75, 3.05) is 32.7 Å². The van der Waals surface area contributed by atoms with Crippen molar-refractivity contribution in [2.24, 2.45) is 11.8 Å². The predicted octanol–water partition coefficient (Wildman–Crippen LogP) is 8.22. The molecule has 4 nitrogen and oxygen atoms in total. The van der Waals surface area contributed by atoms with Crippen molar-refractivity contribution in [1.82, 2.24) is 0 Å². The minimum absolute atomic E-state index is 0.318. The standard InChI is InChI=1S/C36H40N4/c1-27(2)33-25-37(29-17-9-5-10-18-29)35(39(33)31-21-13-7-14-22-31)36-38(30-19-11-6-12-20-30)26-34(28(3)4)40(36)32-23-15-8-16-24-32/h5-24,27-28,33-34H,25-26H2,1-4H3. The largest absolute Gasteiger partial charge is 0.323 e. The first-order valence-corrected chi connectivity index (χ1v) is 14.6. The van der Waals surface area contributed by atoms with Crippen LogP contribution in [-0.4, -0.2) is 25.2 Å². The van der Waals surface area contributed by atoms with Crippen molar-refractivity contribution in [3.05, 3.63) is 133 Å². The normalized spacial score (nSPS) is 21.2. The Kier molecular flexibility index (Phi) is 7.25. The molecule has 2 saturated heterocycles. The molecule has 0 spiro atoms. The Hall–Kier alpha value is -4.18. The first-order valence-electron chi connectivity index (χ1n) is 14.6. The molecule has 0 aromatic heterocycles. The molecule has 4 aromatic carbocycles. The summed E-state index contributed by atoms with van der Waals surface area (Å²) >= 11 is 0. The molecule has 2 fully saturated rings. The Morgan fingerprint density at radius 1 is 0.425 bits per heavy atom. The van der Waals surface area contributed by atoms with Crippen molar-refractivity contribution in [1.29, 1.82) is 0 Å². The van der Waals surface area contributed by atoms with Gasteiger partial charge in [0.1, 0.15) is 0 Å². The zero-order valence-electron chi connectivity index (χ0n) is 24.1. The van der Waals surface area contributed by atoms with Gasteiger partial charge in [-0.1, -0.05) is 100 Å². The maximum Gasteiger partial charge on any atom is 0.156 e. The summed E-state index contributed by atoms with van der Waals surface area (Å²) in [6, 6.07) is 44.4. The van der Waals surface area contributed by atoms with E-state index in [1.807, 2.05) is 0 Å². The van der Waals surface area contributed by atoms with Gasteiger partial charge in [-0.05, 0) is 60.4 Å². The van der Waals surface area contributed by atoms with Crippen LogP contribution >= 0.6 is 0 Å². The zero-order chi connectivity index (χ0) is 27.6. The molecule has 2 atom stereocenters. The molecule has 6 rings (SSSR count). The fourth-order valence-corrected chi connectivity index (χ4v) is 6.24. The van der Waals surface area contributed by atoms with Crippen LogP contribution in [0.1, 0.15) is 27.7 Å². The van der Waals surface area contributed by atoms with E-state index in [0.29, 0.717) is 23.9 Å². The predicted molar refractivity (Wildman–Crippen MR) is 170 cm³/mol. The molecule has 2 unspecified atom stereocenters. The van der Waals surface area contributed by atoms with Gasteiger partial charge in [-0.2, -0.15) is 0 Å². The van der Waals surface area contributed by atoms with Crippen molar-refractivity contribution in [3.8, 4) is 0 Å². The third-order valence-corrected chi connectivity index (χ3v) is 8.31. The average Bonchev–Trinajstić information content (AvgIpc) is 3.59. The molecule has 2 aliphatic heterocycles. The summed E-state index contributed by atoms with van der Waals surface area (Å²) in [5.74, 6) is 3.41. The fraction of sp³-hybridized carbons (Fsp3) is 0.278. The SMILES string of the molecule is CC(C)C1CN(c2ccccc2)C(=C2N(c3ccccc3)CC(C(C)C)N2c2ccccc2)N1c1ccccc1. The topological polar surface area (TPSA) is 13.0 Å². The third kappa shape index (κ3) is 4.72. The maximum atomic E-state index is 2.61. The van der Waals surface area contributed by atoms with E-state index in [2.05, 4.69) is 169 Å². The monoisotopic (exact) mass is 528 g/mol. The second-order valence-corrected chi connectivity index (χ2v) is 11.6. The van der Waals surface area contributed by atoms with E-state index < -0.39 is 0 Å². The van der Waals surface area contributed by atoms with Crippen LogP contribution in [0.4, 0.5) is 22.7 Å². The van der Waals surface area contributed by atoms with Crippen LogP contribution in [0, 0.1) is 11.8 Å². The highest BCUT2D eigenvalue weighted by atomic mass is 15.5. The minimum Gasteiger partial charge on any atom is -0.323 e. The van der Waals surface area contributed by atoms with Crippen LogP contribution in [0.2, 0.25) is 0 Å². The summed E-state index contributed by atoms with van der Waals surface area (Å²) < 4.78 is 0. The first kappa shape index (κ1) is 26.1. The summed E-state index contributed by atoms with van der Waals surface area (Å²) in [7, 11) is 0. The summed E-state index contributed by atoms with van der Waals surface area (Å²) in [5, 5.41) is 0. The van der Waals surface area contributed by atoms with Crippen LogP contribution < -0.4 is 19.6 Å². The fourth-order valence-electron chi connectivity index (χ4n) is 6.24. The van der Waals surface area contributed by atoms with E-state index in [-0.39, 0.29) is 0 Å². The second kappa shape index (κ2) is 11.1. The van der Waals surface area contributed by atoms with Gasteiger partial charge in [0.05, 0.1) is 12.1 Å². The van der Waals surface area contributed by atoms with E-state index in [9.17, 15) is 0 Å². The first-order chi connectivity index (χ1) is 19.5. The lowest BCUT2D eigenvalue weighted by atomic mass is 10.0. The number of hydrogen-bond acceptors (Lipinski definition) is 4. The molecule has 2 aliphatic rings. The van der Waals surface area contributed by atoms with Gasteiger partial charge in [-0.15, -0.1) is 0 Å². The Morgan fingerprint density at radius 2 is 0.700 bits per heavy atom. The number of benzene rings is 4. The Bertz CT molecular complexity index is 1310. The second-order valence-electron chi connectivity index (χ2n) is 11.6. The lowest BCUT2D eigenvalue weighted by Gasteiger charge is -2.36. The summed E-state index contributed by atoms with van der Waals surface area (Å²) in [6.45, 7) is 11.3. The number of nitrogens with zero attached hydrogens (tertiary/aromatic N) is 4. The molecule has 0 saturated carbocycles. The zero-order valence-corrected chi connectivity index (χ0v) is 24.1. The van der Waals surface area contributed by atoms with Gasteiger partial charge in [0, 0.05) is 35.8 Å². The molecular weight excluding hydrogens is 488 g/mol. The van der Waals surface area contributed by atoms with Crippen LogP contribution in [-0.2, 0) is 0 Å². The van der Waals surface area contributed by atoms with Gasteiger partial charge in [-0.25, -0.2) is 0 Å². The molecule has 40 heavy (non-hydrogen) atoms. The number of anilines is 4. The average molecular weight is 529 g/mol. The molecule has 4 aromatic rings. The molecule has 0 aliphatic carbocycles. The number of hydrogen-bond donors (Lipinski definition) is 0. The lowest BCUT2D eigenvalue weighted by molar-refractivity contribution is 0.515. The van der Waals surface area contributed by atoms with Crippen LogP contribution in [0.15, 0.2) is 133 Å².